The molecule has 0 amide bonds. The van der Waals surface area contributed by atoms with Gasteiger partial charge in [0.25, 0.3) is 10.0 Å². The van der Waals surface area contributed by atoms with E-state index in [0.717, 1.165) is 18.5 Å². The summed E-state index contributed by atoms with van der Waals surface area (Å²) in [5.74, 6) is 0. The van der Waals surface area contributed by atoms with Gasteiger partial charge in [0.05, 0.1) is 5.69 Å². The molecule has 0 atom stereocenters. The lowest BCUT2D eigenvalue weighted by Gasteiger charge is -2.25. The second-order valence-electron chi connectivity index (χ2n) is 4.72. The summed E-state index contributed by atoms with van der Waals surface area (Å²) >= 11 is 0. The smallest absolute Gasteiger partial charge is 0.285 e. The Kier molecular flexibility index (Phi) is 4.57. The second kappa shape index (κ2) is 6.19. The molecule has 0 unspecified atom stereocenters. The summed E-state index contributed by atoms with van der Waals surface area (Å²) in [5, 5.41) is 3.28. The number of benzene rings is 1. The van der Waals surface area contributed by atoms with Gasteiger partial charge in [-0.15, -0.1) is 4.40 Å². The van der Waals surface area contributed by atoms with Crippen molar-refractivity contribution in [1.82, 2.24) is 5.32 Å². The molecule has 0 saturated heterocycles. The minimum atomic E-state index is -3.55. The molecule has 0 radical (unpaired) electrons. The van der Waals surface area contributed by atoms with Crippen LogP contribution in [0.25, 0.3) is 0 Å². The van der Waals surface area contributed by atoms with Gasteiger partial charge in [0, 0.05) is 13.1 Å². The number of hydrogen-bond acceptors (Lipinski definition) is 4. The Morgan fingerprint density at radius 1 is 1.40 bits per heavy atom. The van der Waals surface area contributed by atoms with Crippen molar-refractivity contribution in [2.75, 3.05) is 24.5 Å². The first-order valence-electron chi connectivity index (χ1n) is 6.58. The van der Waals surface area contributed by atoms with Crippen molar-refractivity contribution in [3.8, 4) is 0 Å². The normalized spacial score (nSPS) is 15.9. The predicted octanol–water partition coefficient (Wildman–Crippen LogP) is 1.78. The molecule has 0 aliphatic carbocycles. The Morgan fingerprint density at radius 3 is 2.90 bits per heavy atom. The van der Waals surface area contributed by atoms with Gasteiger partial charge in [0.1, 0.15) is 11.2 Å². The van der Waals surface area contributed by atoms with Crippen LogP contribution in [0.1, 0.15) is 13.3 Å². The number of fused-ring (bicyclic) bond motifs is 1. The fourth-order valence-corrected chi connectivity index (χ4v) is 3.07. The summed E-state index contributed by atoms with van der Waals surface area (Å²) in [6.07, 6.45) is 2.43. The van der Waals surface area contributed by atoms with E-state index in [1.807, 2.05) is 11.0 Å². The van der Waals surface area contributed by atoms with Gasteiger partial charge in [-0.3, -0.25) is 0 Å². The van der Waals surface area contributed by atoms with E-state index in [9.17, 15) is 8.42 Å². The van der Waals surface area contributed by atoms with Crippen LogP contribution in [-0.2, 0) is 10.0 Å². The molecule has 6 heteroatoms. The quantitative estimate of drug-likeness (QED) is 0.641. The Morgan fingerprint density at radius 2 is 2.15 bits per heavy atom. The topological polar surface area (TPSA) is 61.8 Å². The van der Waals surface area contributed by atoms with Crippen LogP contribution in [0.15, 0.2) is 45.7 Å². The molecule has 1 heterocycles. The molecule has 0 aromatic heterocycles. The maximum Gasteiger partial charge on any atom is 0.285 e. The monoisotopic (exact) mass is 293 g/mol. The van der Waals surface area contributed by atoms with Crippen molar-refractivity contribution in [3.63, 3.8) is 0 Å². The SMILES string of the molecule is C=C(CNCCC)CN1C=NS(=O)(=O)c2ccccc21. The Bertz CT molecular complexity index is 623. The van der Waals surface area contributed by atoms with Crippen LogP contribution in [-0.4, -0.2) is 34.4 Å². The van der Waals surface area contributed by atoms with E-state index in [1.54, 1.807) is 18.2 Å². The van der Waals surface area contributed by atoms with E-state index in [2.05, 4.69) is 23.2 Å². The lowest BCUT2D eigenvalue weighted by Crippen LogP contribution is -2.31. The van der Waals surface area contributed by atoms with Crippen LogP contribution in [0, 0.1) is 0 Å². The highest BCUT2D eigenvalue weighted by atomic mass is 32.2. The first-order valence-corrected chi connectivity index (χ1v) is 8.02. The Hall–Kier alpha value is -1.66. The average molecular weight is 293 g/mol. The highest BCUT2D eigenvalue weighted by Crippen LogP contribution is 2.29. The number of rotatable bonds is 6. The third-order valence-corrected chi connectivity index (χ3v) is 4.25. The highest BCUT2D eigenvalue weighted by Gasteiger charge is 2.24. The fourth-order valence-electron chi connectivity index (χ4n) is 2.02. The molecule has 1 N–H and O–H groups in total. The van der Waals surface area contributed by atoms with Crippen molar-refractivity contribution < 1.29 is 8.42 Å². The minimum Gasteiger partial charge on any atom is -0.326 e. The zero-order chi connectivity index (χ0) is 14.6. The molecule has 1 aromatic rings. The molecule has 0 fully saturated rings. The third-order valence-electron chi connectivity index (χ3n) is 2.97. The number of anilines is 1. The number of sulfonamides is 1. The molecular weight excluding hydrogens is 274 g/mol. The maximum absolute atomic E-state index is 11.9. The van der Waals surface area contributed by atoms with Crippen LogP contribution in [0.5, 0.6) is 0 Å². The minimum absolute atomic E-state index is 0.247. The van der Waals surface area contributed by atoms with Gasteiger partial charge < -0.3 is 10.2 Å². The summed E-state index contributed by atoms with van der Waals surface area (Å²) in [6, 6.07) is 6.88. The Balaban J connectivity index is 2.13. The number of nitrogens with zero attached hydrogens (tertiary/aromatic N) is 2. The molecule has 0 saturated carbocycles. The summed E-state index contributed by atoms with van der Waals surface area (Å²) in [5.41, 5.74) is 1.64. The van der Waals surface area contributed by atoms with Gasteiger partial charge in [-0.1, -0.05) is 25.6 Å². The van der Waals surface area contributed by atoms with Gasteiger partial charge in [0.2, 0.25) is 0 Å². The standard InChI is InChI=1S/C14H19N3O2S/c1-3-8-15-9-12(2)10-17-11-16-20(18,19)14-7-5-4-6-13(14)17/h4-7,11,15H,2-3,8-10H2,1H3. The largest absolute Gasteiger partial charge is 0.326 e. The van der Waals surface area contributed by atoms with E-state index in [4.69, 9.17) is 0 Å². The third kappa shape index (κ3) is 3.26. The van der Waals surface area contributed by atoms with Gasteiger partial charge in [-0.25, -0.2) is 0 Å². The van der Waals surface area contributed by atoms with Crippen LogP contribution in [0.2, 0.25) is 0 Å². The van der Waals surface area contributed by atoms with E-state index >= 15 is 0 Å². The second-order valence-corrected chi connectivity index (χ2v) is 6.32. The summed E-state index contributed by atoms with van der Waals surface area (Å²) in [6.45, 7) is 8.33. The van der Waals surface area contributed by atoms with Gasteiger partial charge in [-0.2, -0.15) is 8.42 Å². The first kappa shape index (κ1) is 14.7. The zero-order valence-corrected chi connectivity index (χ0v) is 12.4. The highest BCUT2D eigenvalue weighted by molar-refractivity contribution is 7.90. The van der Waals surface area contributed by atoms with Gasteiger partial charge in [0.15, 0.2) is 0 Å². The first-order chi connectivity index (χ1) is 9.54. The number of nitrogens with one attached hydrogen (secondary N) is 1. The van der Waals surface area contributed by atoms with Crippen LogP contribution < -0.4 is 10.2 Å². The Labute approximate surface area is 120 Å². The van der Waals surface area contributed by atoms with Crippen LogP contribution in [0.3, 0.4) is 0 Å². The summed E-state index contributed by atoms with van der Waals surface area (Å²) in [7, 11) is -3.55. The molecule has 2 rings (SSSR count). The molecule has 1 aliphatic rings. The predicted molar refractivity (Wildman–Crippen MR) is 81.8 cm³/mol. The van der Waals surface area contributed by atoms with E-state index in [1.165, 1.54) is 6.34 Å². The lowest BCUT2D eigenvalue weighted by atomic mass is 10.2. The van der Waals surface area contributed by atoms with E-state index < -0.39 is 10.0 Å². The molecule has 5 nitrogen and oxygen atoms in total. The molecular formula is C14H19N3O2S. The molecule has 0 bridgehead atoms. The summed E-state index contributed by atoms with van der Waals surface area (Å²) in [4.78, 5) is 2.06. The molecule has 108 valence electrons. The van der Waals surface area contributed by atoms with Crippen molar-refractivity contribution in [1.29, 1.82) is 0 Å². The molecule has 20 heavy (non-hydrogen) atoms. The van der Waals surface area contributed by atoms with Crippen molar-refractivity contribution in [2.45, 2.75) is 18.2 Å². The zero-order valence-electron chi connectivity index (χ0n) is 11.5. The van der Waals surface area contributed by atoms with E-state index in [-0.39, 0.29) is 4.90 Å². The molecule has 1 aromatic carbocycles. The molecule has 0 spiro atoms. The molecule has 1 aliphatic heterocycles. The average Bonchev–Trinajstić information content (AvgIpc) is 2.43. The number of hydrogen-bond donors (Lipinski definition) is 1. The van der Waals surface area contributed by atoms with Crippen LogP contribution in [0.4, 0.5) is 5.69 Å². The van der Waals surface area contributed by atoms with Gasteiger partial charge in [-0.05, 0) is 30.7 Å². The summed E-state index contributed by atoms with van der Waals surface area (Å²) < 4.78 is 27.4. The van der Waals surface area contributed by atoms with Crippen molar-refractivity contribution in [3.05, 3.63) is 36.4 Å². The number of para-hydroxylation sites is 1. The van der Waals surface area contributed by atoms with Crippen LogP contribution >= 0.6 is 0 Å². The van der Waals surface area contributed by atoms with Gasteiger partial charge >= 0.3 is 0 Å². The van der Waals surface area contributed by atoms with Crippen molar-refractivity contribution >= 4 is 22.0 Å². The lowest BCUT2D eigenvalue weighted by molar-refractivity contribution is 0.597. The fraction of sp³-hybridized carbons (Fsp3) is 0.357. The van der Waals surface area contributed by atoms with Crippen molar-refractivity contribution in [2.24, 2.45) is 4.40 Å². The maximum atomic E-state index is 11.9. The van der Waals surface area contributed by atoms with E-state index in [0.29, 0.717) is 18.8 Å².